The molecule has 1 saturated heterocycles. The second kappa shape index (κ2) is 7.72. The lowest BCUT2D eigenvalue weighted by molar-refractivity contribution is -0.126. The van der Waals surface area contributed by atoms with Crippen LogP contribution in [0.1, 0.15) is 12.6 Å². The molecule has 0 spiro atoms. The molecule has 2 N–H and O–H groups in total. The maximum atomic E-state index is 12.1. The Bertz CT molecular complexity index is 613. The fourth-order valence-corrected chi connectivity index (χ4v) is 3.14. The number of amides is 1. The summed E-state index contributed by atoms with van der Waals surface area (Å²) < 4.78 is 0. The van der Waals surface area contributed by atoms with Gasteiger partial charge in [-0.3, -0.25) is 4.79 Å². The number of hydrogen-bond donors (Lipinski definition) is 2. The van der Waals surface area contributed by atoms with Crippen molar-refractivity contribution in [1.29, 1.82) is 0 Å². The molecule has 6 heteroatoms. The van der Waals surface area contributed by atoms with Gasteiger partial charge in [0.1, 0.15) is 5.01 Å². The van der Waals surface area contributed by atoms with Crippen molar-refractivity contribution in [3.8, 4) is 10.6 Å². The molecule has 1 unspecified atom stereocenters. The Balaban J connectivity index is 0.00000176. The molecule has 0 aliphatic carbocycles. The molecule has 0 bridgehead atoms. The number of carbonyl (C=O) groups excluding carboxylic acids is 1. The summed E-state index contributed by atoms with van der Waals surface area (Å²) in [7, 11) is 0. The minimum Gasteiger partial charge on any atom is -0.350 e. The number of nitrogens with zero attached hydrogens (tertiary/aromatic N) is 1. The topological polar surface area (TPSA) is 54.0 Å². The molecule has 3 rings (SSSR count). The summed E-state index contributed by atoms with van der Waals surface area (Å²) in [5, 5.41) is 9.20. The van der Waals surface area contributed by atoms with Gasteiger partial charge in [-0.15, -0.1) is 23.7 Å². The number of thiazole rings is 1. The fraction of sp³-hybridized carbons (Fsp3) is 0.375. The number of carbonyl (C=O) groups is 1. The van der Waals surface area contributed by atoms with Gasteiger partial charge < -0.3 is 10.6 Å². The Kier molecular flexibility index (Phi) is 5.94. The van der Waals surface area contributed by atoms with Crippen molar-refractivity contribution in [3.05, 3.63) is 41.4 Å². The van der Waals surface area contributed by atoms with Gasteiger partial charge in [0.05, 0.1) is 12.2 Å². The van der Waals surface area contributed by atoms with Crippen LogP contribution >= 0.6 is 23.7 Å². The smallest absolute Gasteiger partial charge is 0.223 e. The predicted molar refractivity (Wildman–Crippen MR) is 92.2 cm³/mol. The van der Waals surface area contributed by atoms with E-state index in [0.29, 0.717) is 12.5 Å². The van der Waals surface area contributed by atoms with Crippen LogP contribution in [0.5, 0.6) is 0 Å². The molecule has 0 radical (unpaired) electrons. The van der Waals surface area contributed by atoms with E-state index >= 15 is 0 Å². The molecule has 0 saturated carbocycles. The van der Waals surface area contributed by atoms with Gasteiger partial charge in [0, 0.05) is 16.9 Å². The highest BCUT2D eigenvalue weighted by molar-refractivity contribution is 7.13. The van der Waals surface area contributed by atoms with Gasteiger partial charge in [-0.2, -0.15) is 0 Å². The monoisotopic (exact) mass is 337 g/mol. The van der Waals surface area contributed by atoms with E-state index < -0.39 is 0 Å². The number of aromatic nitrogens is 1. The Morgan fingerprint density at radius 2 is 2.14 bits per heavy atom. The lowest BCUT2D eigenvalue weighted by atomic mass is 9.88. The normalized spacial score (nSPS) is 15.5. The van der Waals surface area contributed by atoms with Crippen molar-refractivity contribution in [2.75, 3.05) is 13.1 Å². The van der Waals surface area contributed by atoms with Crippen LogP contribution in [0.4, 0.5) is 0 Å². The highest BCUT2D eigenvalue weighted by Gasteiger charge is 2.28. The number of rotatable bonds is 5. The van der Waals surface area contributed by atoms with E-state index in [2.05, 4.69) is 15.6 Å². The molecule has 2 aromatic rings. The van der Waals surface area contributed by atoms with Gasteiger partial charge in [-0.05, 0) is 19.0 Å². The zero-order chi connectivity index (χ0) is 14.7. The average molecular weight is 338 g/mol. The molecule has 1 amide bonds. The first-order chi connectivity index (χ1) is 10.2. The number of benzene rings is 1. The molecule has 1 aliphatic heterocycles. The van der Waals surface area contributed by atoms with Crippen molar-refractivity contribution >= 4 is 29.7 Å². The minimum absolute atomic E-state index is 0. The lowest BCUT2D eigenvalue weighted by Crippen LogP contribution is -2.49. The summed E-state index contributed by atoms with van der Waals surface area (Å²) in [5.41, 5.74) is 2.04. The molecule has 1 atom stereocenters. The van der Waals surface area contributed by atoms with E-state index in [0.717, 1.165) is 29.4 Å². The number of halogens is 1. The number of nitrogens with one attached hydrogen (secondary N) is 2. The third-order valence-electron chi connectivity index (χ3n) is 3.95. The summed E-state index contributed by atoms with van der Waals surface area (Å²) in [5.74, 6) is 0.662. The molecule has 118 valence electrons. The van der Waals surface area contributed by atoms with E-state index in [1.54, 1.807) is 11.3 Å². The van der Waals surface area contributed by atoms with Crippen molar-refractivity contribution in [1.82, 2.24) is 15.6 Å². The zero-order valence-corrected chi connectivity index (χ0v) is 14.0. The molecule has 1 fully saturated rings. The van der Waals surface area contributed by atoms with Crippen LogP contribution in [0.2, 0.25) is 0 Å². The Morgan fingerprint density at radius 1 is 1.41 bits per heavy atom. The summed E-state index contributed by atoms with van der Waals surface area (Å²) in [6, 6.07) is 10.1. The maximum Gasteiger partial charge on any atom is 0.223 e. The predicted octanol–water partition coefficient (Wildman–Crippen LogP) is 2.70. The van der Waals surface area contributed by atoms with Crippen molar-refractivity contribution < 1.29 is 4.79 Å². The lowest BCUT2D eigenvalue weighted by Gasteiger charge is -2.31. The molecule has 1 aromatic heterocycles. The second-order valence-corrected chi connectivity index (χ2v) is 6.29. The molecule has 2 heterocycles. The molecular weight excluding hydrogens is 318 g/mol. The third-order valence-corrected chi connectivity index (χ3v) is 4.89. The first-order valence-corrected chi connectivity index (χ1v) is 8.10. The fourth-order valence-electron chi connectivity index (χ4n) is 2.32. The second-order valence-electron chi connectivity index (χ2n) is 5.43. The van der Waals surface area contributed by atoms with Crippen molar-refractivity contribution in [2.24, 2.45) is 11.8 Å². The van der Waals surface area contributed by atoms with Crippen molar-refractivity contribution in [2.45, 2.75) is 13.5 Å². The van der Waals surface area contributed by atoms with Crippen LogP contribution in [0.3, 0.4) is 0 Å². The van der Waals surface area contributed by atoms with Gasteiger partial charge in [0.2, 0.25) is 5.91 Å². The van der Waals surface area contributed by atoms with Gasteiger partial charge in [0.15, 0.2) is 0 Å². The van der Waals surface area contributed by atoms with Gasteiger partial charge in [-0.25, -0.2) is 4.98 Å². The van der Waals surface area contributed by atoms with Crippen LogP contribution in [0.15, 0.2) is 35.7 Å². The molecule has 22 heavy (non-hydrogen) atoms. The zero-order valence-electron chi connectivity index (χ0n) is 12.4. The van der Waals surface area contributed by atoms with Gasteiger partial charge in [-0.1, -0.05) is 37.3 Å². The van der Waals surface area contributed by atoms with E-state index in [4.69, 9.17) is 0 Å². The standard InChI is InChI=1S/C16H19N3OS.ClH/c1-11(13-7-17-8-13)15(20)18-9-14-10-21-16(19-14)12-5-3-2-4-6-12;/h2-6,10-11,13,17H,7-9H2,1H3,(H,18,20);1H. The van der Waals surface area contributed by atoms with E-state index in [9.17, 15) is 4.79 Å². The summed E-state index contributed by atoms with van der Waals surface area (Å²) >= 11 is 1.61. The maximum absolute atomic E-state index is 12.1. The van der Waals surface area contributed by atoms with E-state index in [-0.39, 0.29) is 24.2 Å². The van der Waals surface area contributed by atoms with Crippen LogP contribution in [-0.4, -0.2) is 24.0 Å². The number of hydrogen-bond acceptors (Lipinski definition) is 4. The van der Waals surface area contributed by atoms with Crippen LogP contribution in [0.25, 0.3) is 10.6 Å². The Hall–Kier alpha value is -1.43. The first-order valence-electron chi connectivity index (χ1n) is 7.22. The Labute approximate surface area is 140 Å². The molecule has 1 aromatic carbocycles. The minimum atomic E-state index is 0. The molecule has 1 aliphatic rings. The van der Waals surface area contributed by atoms with Gasteiger partial charge in [0.25, 0.3) is 0 Å². The molecular formula is C16H20ClN3OS. The third kappa shape index (κ3) is 3.85. The highest BCUT2D eigenvalue weighted by Crippen LogP contribution is 2.23. The SMILES string of the molecule is CC(C(=O)NCc1csc(-c2ccccc2)n1)C1CNC1.Cl. The summed E-state index contributed by atoms with van der Waals surface area (Å²) in [6.45, 7) is 4.40. The van der Waals surface area contributed by atoms with Crippen LogP contribution in [0, 0.1) is 11.8 Å². The summed E-state index contributed by atoms with van der Waals surface area (Å²) in [6.07, 6.45) is 0. The summed E-state index contributed by atoms with van der Waals surface area (Å²) in [4.78, 5) is 16.6. The van der Waals surface area contributed by atoms with Crippen LogP contribution < -0.4 is 10.6 Å². The Morgan fingerprint density at radius 3 is 2.77 bits per heavy atom. The molecule has 4 nitrogen and oxygen atoms in total. The van der Waals surface area contributed by atoms with E-state index in [1.807, 2.05) is 42.6 Å². The highest BCUT2D eigenvalue weighted by atomic mass is 35.5. The van der Waals surface area contributed by atoms with Crippen LogP contribution in [-0.2, 0) is 11.3 Å². The average Bonchev–Trinajstić information content (AvgIpc) is 2.92. The van der Waals surface area contributed by atoms with Crippen molar-refractivity contribution in [3.63, 3.8) is 0 Å². The van der Waals surface area contributed by atoms with Gasteiger partial charge >= 0.3 is 0 Å². The van der Waals surface area contributed by atoms with E-state index in [1.165, 1.54) is 0 Å². The first kappa shape index (κ1) is 16.9. The quantitative estimate of drug-likeness (QED) is 0.882. The largest absolute Gasteiger partial charge is 0.350 e.